The highest BCUT2D eigenvalue weighted by Crippen LogP contribution is 2.19. The molecule has 0 aliphatic carbocycles. The summed E-state index contributed by atoms with van der Waals surface area (Å²) >= 11 is 6.12. The van der Waals surface area contributed by atoms with E-state index < -0.39 is 11.7 Å². The van der Waals surface area contributed by atoms with Crippen molar-refractivity contribution in [2.45, 2.75) is 26.4 Å². The maximum atomic E-state index is 12.6. The van der Waals surface area contributed by atoms with Crippen molar-refractivity contribution in [3.05, 3.63) is 100 Å². The van der Waals surface area contributed by atoms with E-state index in [1.54, 1.807) is 81.4 Å². The van der Waals surface area contributed by atoms with Crippen LogP contribution in [-0.4, -0.2) is 29.9 Å². The van der Waals surface area contributed by atoms with Gasteiger partial charge in [-0.1, -0.05) is 35.6 Å². The molecule has 3 rings (SSSR count). The number of ether oxygens (including phenoxy) is 1. The van der Waals surface area contributed by atoms with Crippen LogP contribution >= 0.6 is 11.6 Å². The molecule has 1 amide bonds. The van der Waals surface area contributed by atoms with E-state index in [2.05, 4.69) is 22.2 Å². The first-order valence-corrected chi connectivity index (χ1v) is 11.3. The van der Waals surface area contributed by atoms with Crippen LogP contribution in [0.1, 0.15) is 47.8 Å². The number of carbonyl (C=O) groups is 2. The number of rotatable bonds is 5. The van der Waals surface area contributed by atoms with Crippen molar-refractivity contribution >= 4 is 35.0 Å². The van der Waals surface area contributed by atoms with Gasteiger partial charge in [0.25, 0.3) is 0 Å². The molecule has 0 saturated carbocycles. The summed E-state index contributed by atoms with van der Waals surface area (Å²) in [6, 6.07) is 21.2. The SMILES string of the molecule is CC(C)(C)OC(=O)/N=C(\N)c1ccc(NCC#Cc2ccc(C(=O)c3ccccc3Cl)cc2)cc1. The van der Waals surface area contributed by atoms with Crippen molar-refractivity contribution in [3.8, 4) is 11.8 Å². The number of hydrogen-bond donors (Lipinski definition) is 2. The zero-order chi connectivity index (χ0) is 25.4. The lowest BCUT2D eigenvalue weighted by atomic mass is 10.0. The van der Waals surface area contributed by atoms with Crippen molar-refractivity contribution in [2.24, 2.45) is 10.7 Å². The molecule has 0 saturated heterocycles. The maximum absolute atomic E-state index is 12.6. The minimum absolute atomic E-state index is 0.0852. The third kappa shape index (κ3) is 7.73. The van der Waals surface area contributed by atoms with Crippen LogP contribution in [-0.2, 0) is 4.74 Å². The molecule has 0 unspecified atom stereocenters. The predicted octanol–water partition coefficient (Wildman–Crippen LogP) is 5.68. The van der Waals surface area contributed by atoms with E-state index in [0.29, 0.717) is 28.3 Å². The van der Waals surface area contributed by atoms with Crippen LogP contribution < -0.4 is 11.1 Å². The lowest BCUT2D eigenvalue weighted by Crippen LogP contribution is -2.24. The second-order valence-corrected chi connectivity index (χ2v) is 9.00. The zero-order valence-corrected chi connectivity index (χ0v) is 20.5. The molecule has 7 heteroatoms. The van der Waals surface area contributed by atoms with Crippen molar-refractivity contribution in [2.75, 3.05) is 11.9 Å². The molecule has 35 heavy (non-hydrogen) atoms. The number of ketones is 1. The molecule has 0 heterocycles. The summed E-state index contributed by atoms with van der Waals surface area (Å²) in [6.45, 7) is 5.70. The minimum Gasteiger partial charge on any atom is -0.442 e. The van der Waals surface area contributed by atoms with Crippen LogP contribution in [0.15, 0.2) is 77.8 Å². The molecular weight excluding hydrogens is 462 g/mol. The highest BCUT2D eigenvalue weighted by atomic mass is 35.5. The van der Waals surface area contributed by atoms with Gasteiger partial charge in [-0.05, 0) is 81.4 Å². The highest BCUT2D eigenvalue weighted by Gasteiger charge is 2.16. The van der Waals surface area contributed by atoms with Gasteiger partial charge in [0.15, 0.2) is 5.78 Å². The molecule has 0 atom stereocenters. The molecule has 0 aliphatic heterocycles. The molecule has 3 N–H and O–H groups in total. The molecule has 178 valence electrons. The first-order valence-electron chi connectivity index (χ1n) is 10.9. The van der Waals surface area contributed by atoms with E-state index in [9.17, 15) is 9.59 Å². The van der Waals surface area contributed by atoms with Gasteiger partial charge in [-0.2, -0.15) is 4.99 Å². The number of halogens is 1. The topological polar surface area (TPSA) is 93.8 Å². The Morgan fingerprint density at radius 1 is 0.971 bits per heavy atom. The monoisotopic (exact) mass is 487 g/mol. The van der Waals surface area contributed by atoms with Crippen LogP contribution in [0.25, 0.3) is 0 Å². The lowest BCUT2D eigenvalue weighted by molar-refractivity contribution is 0.0604. The maximum Gasteiger partial charge on any atom is 0.436 e. The van der Waals surface area contributed by atoms with E-state index in [0.717, 1.165) is 11.3 Å². The van der Waals surface area contributed by atoms with Crippen LogP contribution in [0.2, 0.25) is 5.02 Å². The second kappa shape index (κ2) is 11.4. The minimum atomic E-state index is -0.728. The van der Waals surface area contributed by atoms with Crippen molar-refractivity contribution in [1.29, 1.82) is 0 Å². The standard InChI is InChI=1S/C28H26ClN3O3/c1-28(2,3)35-27(34)32-26(30)21-14-16-22(17-15-21)31-18-6-7-19-10-12-20(13-11-19)25(33)23-8-4-5-9-24(23)29/h4-5,8-17,31H,18H2,1-3H3,(H2,30,32,34). The van der Waals surface area contributed by atoms with E-state index in [1.165, 1.54) is 0 Å². The summed E-state index contributed by atoms with van der Waals surface area (Å²) in [7, 11) is 0. The van der Waals surface area contributed by atoms with E-state index in [-0.39, 0.29) is 11.6 Å². The number of amidine groups is 1. The fourth-order valence-corrected chi connectivity index (χ4v) is 3.23. The molecule has 0 aliphatic rings. The fourth-order valence-electron chi connectivity index (χ4n) is 3.00. The summed E-state index contributed by atoms with van der Waals surface area (Å²) < 4.78 is 5.14. The van der Waals surface area contributed by atoms with Gasteiger partial charge in [0.2, 0.25) is 0 Å². The number of carbonyl (C=O) groups excluding carboxylic acids is 2. The Balaban J connectivity index is 1.54. The van der Waals surface area contributed by atoms with Crippen molar-refractivity contribution < 1.29 is 14.3 Å². The fraction of sp³-hybridized carbons (Fsp3) is 0.179. The van der Waals surface area contributed by atoms with E-state index in [1.807, 2.05) is 12.1 Å². The number of nitrogens with zero attached hydrogens (tertiary/aromatic N) is 1. The van der Waals surface area contributed by atoms with Gasteiger partial charge < -0.3 is 15.8 Å². The van der Waals surface area contributed by atoms with Gasteiger partial charge in [-0.15, -0.1) is 0 Å². The Morgan fingerprint density at radius 3 is 2.23 bits per heavy atom. The number of nitrogens with one attached hydrogen (secondary N) is 1. The number of nitrogens with two attached hydrogens (primary N) is 1. The average molecular weight is 488 g/mol. The average Bonchev–Trinajstić information content (AvgIpc) is 2.81. The number of anilines is 1. The third-order valence-electron chi connectivity index (χ3n) is 4.67. The molecule has 0 radical (unpaired) electrons. The first-order chi connectivity index (χ1) is 16.6. The Kier molecular flexibility index (Phi) is 8.30. The second-order valence-electron chi connectivity index (χ2n) is 8.60. The van der Waals surface area contributed by atoms with Gasteiger partial charge >= 0.3 is 6.09 Å². The number of hydrogen-bond acceptors (Lipinski definition) is 4. The van der Waals surface area contributed by atoms with Gasteiger partial charge in [0.1, 0.15) is 11.4 Å². The van der Waals surface area contributed by atoms with Crippen LogP contribution in [0.4, 0.5) is 10.5 Å². The van der Waals surface area contributed by atoms with Gasteiger partial charge in [0.05, 0.1) is 11.6 Å². The van der Waals surface area contributed by atoms with Gasteiger partial charge in [0, 0.05) is 27.9 Å². The Hall–Kier alpha value is -4.08. The van der Waals surface area contributed by atoms with Gasteiger partial charge in [-0.3, -0.25) is 4.79 Å². The quantitative estimate of drug-likeness (QED) is 0.209. The number of benzene rings is 3. The Labute approximate surface area is 210 Å². The summed E-state index contributed by atoms with van der Waals surface area (Å²) in [5.74, 6) is 6.07. The Bertz CT molecular complexity index is 1300. The van der Waals surface area contributed by atoms with Crippen molar-refractivity contribution in [1.82, 2.24) is 0 Å². The highest BCUT2D eigenvalue weighted by molar-refractivity contribution is 6.35. The molecule has 0 spiro atoms. The van der Waals surface area contributed by atoms with Crippen LogP contribution in [0.5, 0.6) is 0 Å². The molecule has 6 nitrogen and oxygen atoms in total. The zero-order valence-electron chi connectivity index (χ0n) is 19.8. The summed E-state index contributed by atoms with van der Waals surface area (Å²) in [6.07, 6.45) is -0.728. The lowest BCUT2D eigenvalue weighted by Gasteiger charge is -2.17. The molecule has 3 aromatic rings. The molecule has 0 bridgehead atoms. The summed E-state index contributed by atoms with van der Waals surface area (Å²) in [5, 5.41) is 3.62. The summed E-state index contributed by atoms with van der Waals surface area (Å²) in [4.78, 5) is 28.2. The molecular formula is C28H26ClN3O3. The largest absolute Gasteiger partial charge is 0.442 e. The number of amides is 1. The van der Waals surface area contributed by atoms with E-state index in [4.69, 9.17) is 22.1 Å². The number of aliphatic imine (C=N–C) groups is 1. The summed E-state index contributed by atoms with van der Waals surface area (Å²) in [5.41, 5.74) is 8.54. The van der Waals surface area contributed by atoms with Crippen LogP contribution in [0, 0.1) is 11.8 Å². The molecule has 0 aromatic heterocycles. The van der Waals surface area contributed by atoms with E-state index >= 15 is 0 Å². The van der Waals surface area contributed by atoms with Crippen molar-refractivity contribution in [3.63, 3.8) is 0 Å². The molecule has 3 aromatic carbocycles. The smallest absolute Gasteiger partial charge is 0.436 e. The Morgan fingerprint density at radius 2 is 1.60 bits per heavy atom. The third-order valence-corrected chi connectivity index (χ3v) is 4.99. The van der Waals surface area contributed by atoms with Gasteiger partial charge in [-0.25, -0.2) is 4.79 Å². The van der Waals surface area contributed by atoms with Crippen LogP contribution in [0.3, 0.4) is 0 Å². The predicted molar refractivity (Wildman–Crippen MR) is 140 cm³/mol. The first kappa shape index (κ1) is 25.5. The molecule has 0 fully saturated rings. The normalized spacial score (nSPS) is 11.3.